The summed E-state index contributed by atoms with van der Waals surface area (Å²) in [7, 11) is -1.77. The zero-order valence-electron chi connectivity index (χ0n) is 28.8. The molecule has 0 aliphatic rings. The highest BCUT2D eigenvalue weighted by molar-refractivity contribution is 8.00. The average molecular weight is 878 g/mol. The van der Waals surface area contributed by atoms with Crippen LogP contribution >= 0.6 is 34.8 Å². The SMILES string of the molecule is C[S+](C)(=O)Cc1ccc(C(Cl)(Cl)Cl)cc1.FC(F)(F)c1ccc([B-](c2ccc(C(F)(F)F)cc2)(c2ccc(C(F)(F)F)cc2)c2ccc(C(F)(F)F)cc2)cc1. The van der Waals surface area contributed by atoms with Crippen LogP contribution in [0.25, 0.3) is 0 Å². The van der Waals surface area contributed by atoms with Gasteiger partial charge in [0.1, 0.15) is 24.4 Å². The van der Waals surface area contributed by atoms with Crippen molar-refractivity contribution in [2.24, 2.45) is 0 Å². The second-order valence-corrected chi connectivity index (χ2v) is 18.6. The molecule has 0 unspecified atom stereocenters. The van der Waals surface area contributed by atoms with Gasteiger partial charge in [-0.3, -0.25) is 0 Å². The van der Waals surface area contributed by atoms with Gasteiger partial charge >= 0.3 is 24.7 Å². The minimum atomic E-state index is -4.77. The molecule has 0 aliphatic heterocycles. The highest BCUT2D eigenvalue weighted by Crippen LogP contribution is 2.38. The van der Waals surface area contributed by atoms with Crippen LogP contribution in [0.15, 0.2) is 121 Å². The Morgan fingerprint density at radius 1 is 0.411 bits per heavy atom. The molecule has 300 valence electrons. The van der Waals surface area contributed by atoms with Gasteiger partial charge in [0, 0.05) is 11.1 Å². The lowest BCUT2D eigenvalue weighted by atomic mass is 9.13. The monoisotopic (exact) mass is 876 g/mol. The van der Waals surface area contributed by atoms with Gasteiger partial charge in [-0.05, 0) is 0 Å². The molecule has 0 spiro atoms. The summed E-state index contributed by atoms with van der Waals surface area (Å²) in [4.78, 5) is 0. The maximum Gasteiger partial charge on any atom is 0.416 e. The van der Waals surface area contributed by atoms with Gasteiger partial charge < -0.3 is 0 Å². The fourth-order valence-electron chi connectivity index (χ4n) is 6.19. The maximum absolute atomic E-state index is 13.3. The van der Waals surface area contributed by atoms with Gasteiger partial charge in [0.05, 0.1) is 32.2 Å². The zero-order valence-corrected chi connectivity index (χ0v) is 31.9. The lowest BCUT2D eigenvalue weighted by molar-refractivity contribution is -0.138. The van der Waals surface area contributed by atoms with Crippen molar-refractivity contribution in [1.82, 2.24) is 0 Å². The highest BCUT2D eigenvalue weighted by Gasteiger charge is 2.38. The van der Waals surface area contributed by atoms with Crippen LogP contribution < -0.4 is 21.9 Å². The largest absolute Gasteiger partial charge is 0.416 e. The second kappa shape index (κ2) is 16.3. The van der Waals surface area contributed by atoms with Gasteiger partial charge in [-0.1, -0.05) is 156 Å². The van der Waals surface area contributed by atoms with Crippen molar-refractivity contribution < 1.29 is 56.9 Å². The number of halogens is 15. The molecule has 18 heteroatoms. The van der Waals surface area contributed by atoms with Crippen molar-refractivity contribution in [2.75, 3.05) is 12.5 Å². The number of rotatable bonds is 6. The van der Waals surface area contributed by atoms with Crippen molar-refractivity contribution in [3.05, 3.63) is 155 Å². The first-order valence-electron chi connectivity index (χ1n) is 16.0. The van der Waals surface area contributed by atoms with E-state index in [1.54, 1.807) is 24.6 Å². The quantitative estimate of drug-likeness (QED) is 0.0719. The van der Waals surface area contributed by atoms with E-state index in [-0.39, 0.29) is 21.9 Å². The zero-order chi connectivity index (χ0) is 42.1. The van der Waals surface area contributed by atoms with E-state index in [4.69, 9.17) is 34.8 Å². The van der Waals surface area contributed by atoms with Gasteiger partial charge in [-0.15, -0.1) is 4.21 Å². The third-order valence-electron chi connectivity index (χ3n) is 8.75. The molecule has 5 aromatic carbocycles. The summed E-state index contributed by atoms with van der Waals surface area (Å²) in [6, 6.07) is 20.7. The molecule has 5 aromatic rings. The first kappa shape index (κ1) is 45.1. The van der Waals surface area contributed by atoms with Crippen molar-refractivity contribution in [3.63, 3.8) is 0 Å². The third-order valence-corrected chi connectivity index (χ3v) is 10.4. The maximum atomic E-state index is 13.3. The van der Waals surface area contributed by atoms with Crippen molar-refractivity contribution in [2.45, 2.75) is 34.3 Å². The molecule has 0 saturated heterocycles. The Morgan fingerprint density at radius 2 is 0.625 bits per heavy atom. The van der Waals surface area contributed by atoms with Crippen molar-refractivity contribution in [1.29, 1.82) is 0 Å². The third kappa shape index (κ3) is 11.0. The van der Waals surface area contributed by atoms with E-state index in [9.17, 15) is 56.9 Å². The molecule has 0 N–H and O–H groups in total. The van der Waals surface area contributed by atoms with E-state index in [2.05, 4.69) is 0 Å². The van der Waals surface area contributed by atoms with Gasteiger partial charge in [0.25, 0.3) is 0 Å². The van der Waals surface area contributed by atoms with Crippen LogP contribution in [0, 0.1) is 0 Å². The second-order valence-electron chi connectivity index (χ2n) is 13.1. The van der Waals surface area contributed by atoms with Crippen LogP contribution in [0.2, 0.25) is 0 Å². The summed E-state index contributed by atoms with van der Waals surface area (Å²) >= 11 is 17.2. The Hall–Kier alpha value is -3.66. The van der Waals surface area contributed by atoms with Crippen LogP contribution in [0.5, 0.6) is 0 Å². The number of benzene rings is 5. The average Bonchev–Trinajstić information content (AvgIpc) is 3.07. The predicted octanol–water partition coefficient (Wildman–Crippen LogP) is 10.9. The minimum absolute atomic E-state index is 0.0114. The molecular formula is C38H28BCl3F12OS. The Labute approximate surface area is 329 Å². The smallest absolute Gasteiger partial charge is 0.195 e. The molecule has 0 radical (unpaired) electrons. The molecule has 0 bridgehead atoms. The molecule has 0 amide bonds. The van der Waals surface area contributed by atoms with E-state index in [0.717, 1.165) is 54.1 Å². The van der Waals surface area contributed by atoms with Crippen LogP contribution in [0.3, 0.4) is 0 Å². The molecule has 56 heavy (non-hydrogen) atoms. The van der Waals surface area contributed by atoms with Crippen LogP contribution in [0.1, 0.15) is 33.4 Å². The Morgan fingerprint density at radius 3 is 0.804 bits per heavy atom. The van der Waals surface area contributed by atoms with E-state index in [1.807, 2.05) is 12.1 Å². The number of hydrogen-bond acceptors (Lipinski definition) is 1. The minimum Gasteiger partial charge on any atom is -0.195 e. The summed E-state index contributed by atoms with van der Waals surface area (Å²) in [5.74, 6) is 0.549. The summed E-state index contributed by atoms with van der Waals surface area (Å²) in [6.45, 7) is 0. The molecule has 0 heterocycles. The predicted molar refractivity (Wildman–Crippen MR) is 199 cm³/mol. The Kier molecular flexibility index (Phi) is 13.1. The van der Waals surface area contributed by atoms with Gasteiger partial charge in [0.2, 0.25) is 3.79 Å². The molecule has 0 fully saturated rings. The van der Waals surface area contributed by atoms with E-state index in [0.29, 0.717) is 59.8 Å². The van der Waals surface area contributed by atoms with Gasteiger partial charge in [0.15, 0.2) is 0 Å². The van der Waals surface area contributed by atoms with E-state index < -0.39 is 66.8 Å². The fraction of sp³-hybridized carbons (Fsp3) is 0.211. The fourth-order valence-corrected chi connectivity index (χ4v) is 7.56. The first-order chi connectivity index (χ1) is 25.5. The number of hydrogen-bond donors (Lipinski definition) is 0. The summed E-state index contributed by atoms with van der Waals surface area (Å²) < 4.78 is 170. The van der Waals surface area contributed by atoms with E-state index in [1.165, 1.54) is 0 Å². The van der Waals surface area contributed by atoms with Gasteiger partial charge in [-0.2, -0.15) is 74.5 Å². The van der Waals surface area contributed by atoms with Crippen LogP contribution in [-0.2, 0) is 48.4 Å². The highest BCUT2D eigenvalue weighted by atomic mass is 35.6. The lowest BCUT2D eigenvalue weighted by Crippen LogP contribution is -2.74. The molecule has 1 nitrogen and oxygen atoms in total. The first-order valence-corrected chi connectivity index (χ1v) is 19.6. The molecule has 0 saturated carbocycles. The topological polar surface area (TPSA) is 17.1 Å². The standard InChI is InChI=1S/C28H16BF12.C10H12Cl3OS/c30-25(31,32)17-1-9-21(10-2-17)29(22-11-3-18(4-12-22)26(33,34)35,23-13-5-19(6-14-23)27(36,37)38)24-15-7-20(8-16-24)28(39,40)41;1-15(2,14)7-8-3-5-9(6-4-8)10(11,12)13/h1-16H;3-6H,7H2,1-2H3/q-1;+1. The summed E-state index contributed by atoms with van der Waals surface area (Å²) in [5.41, 5.74) is -2.69. The normalized spacial score (nSPS) is 13.2. The Bertz CT molecular complexity index is 1880. The van der Waals surface area contributed by atoms with E-state index >= 15 is 0 Å². The molecular weight excluding hydrogens is 850 g/mol. The van der Waals surface area contributed by atoms with Crippen molar-refractivity contribution >= 4 is 72.7 Å². The lowest BCUT2D eigenvalue weighted by Gasteiger charge is -2.44. The molecule has 0 aliphatic carbocycles. The van der Waals surface area contributed by atoms with Crippen molar-refractivity contribution in [3.8, 4) is 0 Å². The molecule has 5 rings (SSSR count). The summed E-state index contributed by atoms with van der Waals surface area (Å²) in [5, 5.41) is 0. The van der Waals surface area contributed by atoms with Gasteiger partial charge in [-0.25, -0.2) is 0 Å². The molecule has 0 atom stereocenters. The van der Waals surface area contributed by atoms with Crippen LogP contribution in [-0.4, -0.2) is 18.7 Å². The number of alkyl halides is 15. The Balaban J connectivity index is 0.000000389. The molecule has 0 aromatic heterocycles. The summed E-state index contributed by atoms with van der Waals surface area (Å²) in [6.07, 6.45) is -18.5. The van der Waals surface area contributed by atoms with Crippen LogP contribution in [0.4, 0.5) is 52.7 Å².